The smallest absolute Gasteiger partial charge is 0.270 e. The van der Waals surface area contributed by atoms with Crippen LogP contribution in [0.2, 0.25) is 0 Å². The highest BCUT2D eigenvalue weighted by Gasteiger charge is 2.32. The van der Waals surface area contributed by atoms with Gasteiger partial charge in [0.05, 0.1) is 11.6 Å². The quantitative estimate of drug-likeness (QED) is 0.921. The highest BCUT2D eigenvalue weighted by molar-refractivity contribution is 5.93. The molecule has 1 N–H and O–H groups in total. The fraction of sp³-hybridized carbons (Fsp3) is 0.438. The van der Waals surface area contributed by atoms with Crippen LogP contribution in [-0.2, 0) is 7.05 Å². The van der Waals surface area contributed by atoms with Gasteiger partial charge in [-0.2, -0.15) is 5.26 Å². The van der Waals surface area contributed by atoms with Gasteiger partial charge in [-0.05, 0) is 12.6 Å². The number of H-pyrrole nitrogens is 1. The van der Waals surface area contributed by atoms with E-state index in [1.165, 1.54) is 0 Å². The van der Waals surface area contributed by atoms with E-state index in [0.717, 1.165) is 18.9 Å². The standard InChI is InChI=1S/C16H20N6O/c1-3-21-6-7-22(11-14(21)15-18-4-5-19-15)16(23)13-8-12(9-17)10-20(13)2/h4-5,8,10,14H,3,6-7,11H2,1-2H3,(H,18,19). The summed E-state index contributed by atoms with van der Waals surface area (Å²) in [5.74, 6) is 0.843. The molecule has 1 atom stereocenters. The molecule has 1 unspecified atom stereocenters. The van der Waals surface area contributed by atoms with Crippen LogP contribution in [0.4, 0.5) is 0 Å². The van der Waals surface area contributed by atoms with Crippen molar-refractivity contribution in [3.05, 3.63) is 41.7 Å². The van der Waals surface area contributed by atoms with Crippen molar-refractivity contribution in [1.29, 1.82) is 5.26 Å². The maximum Gasteiger partial charge on any atom is 0.270 e. The molecule has 0 radical (unpaired) electrons. The van der Waals surface area contributed by atoms with Crippen molar-refractivity contribution in [2.24, 2.45) is 7.05 Å². The summed E-state index contributed by atoms with van der Waals surface area (Å²) in [7, 11) is 1.79. The number of rotatable bonds is 3. The summed E-state index contributed by atoms with van der Waals surface area (Å²) in [6.07, 6.45) is 5.22. The summed E-state index contributed by atoms with van der Waals surface area (Å²) in [5.41, 5.74) is 1.05. The van der Waals surface area contributed by atoms with Gasteiger partial charge >= 0.3 is 0 Å². The molecule has 23 heavy (non-hydrogen) atoms. The van der Waals surface area contributed by atoms with E-state index in [9.17, 15) is 4.79 Å². The topological polar surface area (TPSA) is 80.9 Å². The molecule has 2 aromatic heterocycles. The molecule has 120 valence electrons. The number of carbonyl (C=O) groups excluding carboxylic acids is 1. The molecule has 3 rings (SSSR count). The third-order valence-corrected chi connectivity index (χ3v) is 4.37. The van der Waals surface area contributed by atoms with Crippen LogP contribution >= 0.6 is 0 Å². The van der Waals surface area contributed by atoms with Gasteiger partial charge in [-0.25, -0.2) is 4.98 Å². The van der Waals surface area contributed by atoms with Gasteiger partial charge in [-0.3, -0.25) is 9.69 Å². The first-order valence-electron chi connectivity index (χ1n) is 7.73. The minimum absolute atomic E-state index is 0.0405. The highest BCUT2D eigenvalue weighted by atomic mass is 16.2. The summed E-state index contributed by atoms with van der Waals surface area (Å²) in [5, 5.41) is 8.99. The van der Waals surface area contributed by atoms with Crippen LogP contribution in [0.15, 0.2) is 24.7 Å². The Morgan fingerprint density at radius 2 is 2.35 bits per heavy atom. The number of aromatic nitrogens is 3. The summed E-state index contributed by atoms with van der Waals surface area (Å²) in [6, 6.07) is 3.80. The number of aromatic amines is 1. The molecular formula is C16H20N6O. The van der Waals surface area contributed by atoms with E-state index in [-0.39, 0.29) is 11.9 Å². The van der Waals surface area contributed by atoms with Crippen LogP contribution in [0, 0.1) is 11.3 Å². The first-order chi connectivity index (χ1) is 11.1. The van der Waals surface area contributed by atoms with E-state index in [0.29, 0.717) is 24.3 Å². The Morgan fingerprint density at radius 1 is 1.52 bits per heavy atom. The minimum atomic E-state index is -0.0405. The van der Waals surface area contributed by atoms with Crippen LogP contribution in [-0.4, -0.2) is 56.4 Å². The van der Waals surface area contributed by atoms with Gasteiger partial charge in [0.25, 0.3) is 5.91 Å². The lowest BCUT2D eigenvalue weighted by atomic mass is 10.1. The number of imidazole rings is 1. The molecule has 7 heteroatoms. The van der Waals surface area contributed by atoms with Crippen LogP contribution in [0.25, 0.3) is 0 Å². The summed E-state index contributed by atoms with van der Waals surface area (Å²) in [6.45, 7) is 5.10. The van der Waals surface area contributed by atoms with Gasteiger partial charge in [-0.15, -0.1) is 0 Å². The summed E-state index contributed by atoms with van der Waals surface area (Å²) < 4.78 is 1.72. The minimum Gasteiger partial charge on any atom is -0.347 e. The predicted octanol–water partition coefficient (Wildman–Crippen LogP) is 1.14. The van der Waals surface area contributed by atoms with Crippen LogP contribution in [0.3, 0.4) is 0 Å². The SMILES string of the molecule is CCN1CCN(C(=O)c2cc(C#N)cn2C)CC1c1ncc[nH]1. The zero-order valence-corrected chi connectivity index (χ0v) is 13.4. The molecule has 1 aliphatic rings. The van der Waals surface area contributed by atoms with E-state index in [1.54, 1.807) is 36.3 Å². The Bertz CT molecular complexity index is 726. The van der Waals surface area contributed by atoms with Gasteiger partial charge in [0, 0.05) is 45.3 Å². The summed E-state index contributed by atoms with van der Waals surface area (Å²) in [4.78, 5) is 24.5. The van der Waals surface area contributed by atoms with Crippen LogP contribution < -0.4 is 0 Å². The molecular weight excluding hydrogens is 292 g/mol. The van der Waals surface area contributed by atoms with Gasteiger partial charge in [-0.1, -0.05) is 6.92 Å². The number of carbonyl (C=O) groups is 1. The molecule has 0 saturated carbocycles. The number of nitriles is 1. The number of nitrogens with zero attached hydrogens (tertiary/aromatic N) is 5. The largest absolute Gasteiger partial charge is 0.347 e. The Labute approximate surface area is 135 Å². The first-order valence-corrected chi connectivity index (χ1v) is 7.73. The Morgan fingerprint density at radius 3 is 2.96 bits per heavy atom. The Kier molecular flexibility index (Phi) is 4.17. The van der Waals surface area contributed by atoms with Crippen molar-refractivity contribution in [2.75, 3.05) is 26.2 Å². The normalized spacial score (nSPS) is 18.8. The van der Waals surface area contributed by atoms with E-state index in [2.05, 4.69) is 27.9 Å². The molecule has 1 fully saturated rings. The second-order valence-corrected chi connectivity index (χ2v) is 5.71. The molecule has 3 heterocycles. The summed E-state index contributed by atoms with van der Waals surface area (Å²) >= 11 is 0. The number of hydrogen-bond donors (Lipinski definition) is 1. The zero-order chi connectivity index (χ0) is 16.4. The van der Waals surface area contributed by atoms with Crippen LogP contribution in [0.1, 0.15) is 34.8 Å². The van der Waals surface area contributed by atoms with E-state index in [4.69, 9.17) is 5.26 Å². The first kappa shape index (κ1) is 15.3. The third-order valence-electron chi connectivity index (χ3n) is 4.37. The number of hydrogen-bond acceptors (Lipinski definition) is 4. The van der Waals surface area contributed by atoms with E-state index < -0.39 is 0 Å². The number of nitrogens with one attached hydrogen (secondary N) is 1. The lowest BCUT2D eigenvalue weighted by molar-refractivity contribution is 0.0471. The van der Waals surface area contributed by atoms with Gasteiger partial charge in [0.15, 0.2) is 0 Å². The van der Waals surface area contributed by atoms with Crippen LogP contribution in [0.5, 0.6) is 0 Å². The molecule has 2 aromatic rings. The Balaban J connectivity index is 1.82. The van der Waals surface area contributed by atoms with Crippen molar-refractivity contribution in [3.8, 4) is 6.07 Å². The van der Waals surface area contributed by atoms with Crippen molar-refractivity contribution >= 4 is 5.91 Å². The lowest BCUT2D eigenvalue weighted by Gasteiger charge is -2.40. The fourth-order valence-corrected chi connectivity index (χ4v) is 3.10. The maximum absolute atomic E-state index is 12.8. The number of likely N-dealkylation sites (N-methyl/N-ethyl adjacent to an activating group) is 1. The third kappa shape index (κ3) is 2.85. The van der Waals surface area contributed by atoms with Crippen molar-refractivity contribution in [3.63, 3.8) is 0 Å². The van der Waals surface area contributed by atoms with Gasteiger partial charge in [0.1, 0.15) is 17.6 Å². The second-order valence-electron chi connectivity index (χ2n) is 5.71. The monoisotopic (exact) mass is 312 g/mol. The number of aryl methyl sites for hydroxylation is 1. The second kappa shape index (κ2) is 6.26. The number of amides is 1. The predicted molar refractivity (Wildman–Crippen MR) is 84.6 cm³/mol. The fourth-order valence-electron chi connectivity index (χ4n) is 3.10. The van der Waals surface area contributed by atoms with Crippen molar-refractivity contribution in [1.82, 2.24) is 24.3 Å². The van der Waals surface area contributed by atoms with Crippen molar-refractivity contribution in [2.45, 2.75) is 13.0 Å². The van der Waals surface area contributed by atoms with Crippen molar-refractivity contribution < 1.29 is 4.79 Å². The molecule has 0 bridgehead atoms. The molecule has 0 aliphatic carbocycles. The average molecular weight is 312 g/mol. The molecule has 1 saturated heterocycles. The average Bonchev–Trinajstić information content (AvgIpc) is 3.23. The molecule has 0 aromatic carbocycles. The molecule has 7 nitrogen and oxygen atoms in total. The molecule has 1 amide bonds. The van der Waals surface area contributed by atoms with E-state index >= 15 is 0 Å². The van der Waals surface area contributed by atoms with Gasteiger partial charge < -0.3 is 14.5 Å². The molecule has 0 spiro atoms. The van der Waals surface area contributed by atoms with Gasteiger partial charge in [0.2, 0.25) is 0 Å². The Hall–Kier alpha value is -2.59. The van der Waals surface area contributed by atoms with E-state index in [1.807, 2.05) is 4.90 Å². The maximum atomic E-state index is 12.8. The highest BCUT2D eigenvalue weighted by Crippen LogP contribution is 2.24. The number of piperazine rings is 1. The lowest BCUT2D eigenvalue weighted by Crippen LogP contribution is -2.50. The zero-order valence-electron chi connectivity index (χ0n) is 13.4. The molecule has 1 aliphatic heterocycles.